The van der Waals surface area contributed by atoms with Crippen molar-refractivity contribution in [3.8, 4) is 5.75 Å². The number of rotatable bonds is 6. The second kappa shape index (κ2) is 8.53. The number of carbonyl (C=O) groups is 2. The second-order valence-corrected chi connectivity index (χ2v) is 6.05. The lowest BCUT2D eigenvalue weighted by atomic mass is 10.1. The molecule has 2 rings (SSSR count). The lowest BCUT2D eigenvalue weighted by molar-refractivity contribution is -0.124. The van der Waals surface area contributed by atoms with Crippen molar-refractivity contribution in [2.45, 2.75) is 20.4 Å². The van der Waals surface area contributed by atoms with E-state index in [1.54, 1.807) is 6.07 Å². The van der Waals surface area contributed by atoms with Crippen LogP contribution >= 0.6 is 11.6 Å². The molecule has 0 aliphatic carbocycles. The third-order valence-corrected chi connectivity index (χ3v) is 4.01. The number of hydrogen-bond acceptors (Lipinski definition) is 4. The molecule has 0 spiro atoms. The summed E-state index contributed by atoms with van der Waals surface area (Å²) >= 11 is 5.85. The van der Waals surface area contributed by atoms with Gasteiger partial charge in [0.15, 0.2) is 6.61 Å². The van der Waals surface area contributed by atoms with Crippen LogP contribution in [0.5, 0.6) is 5.75 Å². The fourth-order valence-corrected chi connectivity index (χ4v) is 2.37. The molecule has 0 aliphatic rings. The number of hydrogen-bond donors (Lipinski definition) is 1. The predicted molar refractivity (Wildman–Crippen MR) is 96.0 cm³/mol. The standard InChI is InChI=1S/C19H20ClNO4/c1-12-4-5-14(8-13(12)2)10-21-18(22)11-25-19(23)16-7-6-15(20)9-17(16)24-3/h4-9H,10-11H2,1-3H3,(H,21,22). The van der Waals surface area contributed by atoms with Crippen LogP contribution in [-0.4, -0.2) is 25.6 Å². The maximum atomic E-state index is 12.1. The smallest absolute Gasteiger partial charge is 0.342 e. The molecule has 0 bridgehead atoms. The van der Waals surface area contributed by atoms with E-state index >= 15 is 0 Å². The molecule has 0 heterocycles. The van der Waals surface area contributed by atoms with Gasteiger partial charge in [-0.1, -0.05) is 29.8 Å². The molecular weight excluding hydrogens is 342 g/mol. The molecule has 2 aromatic rings. The lowest BCUT2D eigenvalue weighted by Gasteiger charge is -2.10. The summed E-state index contributed by atoms with van der Waals surface area (Å²) in [7, 11) is 1.43. The number of benzene rings is 2. The van der Waals surface area contributed by atoms with E-state index in [1.807, 2.05) is 32.0 Å². The summed E-state index contributed by atoms with van der Waals surface area (Å²) in [6.45, 7) is 4.06. The fraction of sp³-hybridized carbons (Fsp3) is 0.263. The van der Waals surface area contributed by atoms with Crippen molar-refractivity contribution >= 4 is 23.5 Å². The van der Waals surface area contributed by atoms with Gasteiger partial charge in [-0.3, -0.25) is 4.79 Å². The minimum atomic E-state index is -0.644. The topological polar surface area (TPSA) is 64.6 Å². The summed E-state index contributed by atoms with van der Waals surface area (Å²) in [5, 5.41) is 3.17. The molecule has 25 heavy (non-hydrogen) atoms. The van der Waals surface area contributed by atoms with E-state index < -0.39 is 5.97 Å². The van der Waals surface area contributed by atoms with Crippen LogP contribution in [0.15, 0.2) is 36.4 Å². The summed E-state index contributed by atoms with van der Waals surface area (Å²) < 4.78 is 10.1. The zero-order valence-electron chi connectivity index (χ0n) is 14.4. The zero-order chi connectivity index (χ0) is 18.4. The zero-order valence-corrected chi connectivity index (χ0v) is 15.1. The summed E-state index contributed by atoms with van der Waals surface area (Å²) in [5.41, 5.74) is 3.56. The molecule has 0 unspecified atom stereocenters. The quantitative estimate of drug-likeness (QED) is 0.800. The highest BCUT2D eigenvalue weighted by Crippen LogP contribution is 2.23. The average molecular weight is 362 g/mol. The van der Waals surface area contributed by atoms with Crippen molar-refractivity contribution < 1.29 is 19.1 Å². The van der Waals surface area contributed by atoms with Gasteiger partial charge in [0.25, 0.3) is 5.91 Å². The molecule has 2 aromatic carbocycles. The van der Waals surface area contributed by atoms with Crippen molar-refractivity contribution in [1.29, 1.82) is 0 Å². The van der Waals surface area contributed by atoms with Gasteiger partial charge in [0, 0.05) is 11.6 Å². The van der Waals surface area contributed by atoms with Crippen molar-refractivity contribution in [2.75, 3.05) is 13.7 Å². The van der Waals surface area contributed by atoms with Crippen molar-refractivity contribution in [3.63, 3.8) is 0 Å². The van der Waals surface area contributed by atoms with Gasteiger partial charge >= 0.3 is 5.97 Å². The summed E-state index contributed by atoms with van der Waals surface area (Å²) in [6.07, 6.45) is 0. The second-order valence-electron chi connectivity index (χ2n) is 5.62. The first-order valence-corrected chi connectivity index (χ1v) is 8.12. The molecule has 1 N–H and O–H groups in total. The Labute approximate surface area is 151 Å². The van der Waals surface area contributed by atoms with E-state index in [4.69, 9.17) is 21.1 Å². The Balaban J connectivity index is 1.87. The Bertz CT molecular complexity index is 789. The van der Waals surface area contributed by atoms with Crippen molar-refractivity contribution in [3.05, 3.63) is 63.7 Å². The number of halogens is 1. The fourth-order valence-electron chi connectivity index (χ4n) is 2.21. The van der Waals surface area contributed by atoms with Crippen LogP contribution in [-0.2, 0) is 16.1 Å². The van der Waals surface area contributed by atoms with Gasteiger partial charge in [0.2, 0.25) is 0 Å². The molecule has 1 amide bonds. The van der Waals surface area contributed by atoms with E-state index in [-0.39, 0.29) is 18.1 Å². The normalized spacial score (nSPS) is 10.2. The first kappa shape index (κ1) is 18.8. The Hall–Kier alpha value is -2.53. The van der Waals surface area contributed by atoms with Crippen LogP contribution in [0.3, 0.4) is 0 Å². The predicted octanol–water partition coefficient (Wildman–Crippen LogP) is 3.44. The Morgan fingerprint density at radius 3 is 2.52 bits per heavy atom. The number of carbonyl (C=O) groups excluding carboxylic acids is 2. The third kappa shape index (κ3) is 5.22. The number of ether oxygens (including phenoxy) is 2. The highest BCUT2D eigenvalue weighted by atomic mass is 35.5. The van der Waals surface area contributed by atoms with Crippen LogP contribution in [0.4, 0.5) is 0 Å². The number of methoxy groups -OCH3 is 1. The SMILES string of the molecule is COc1cc(Cl)ccc1C(=O)OCC(=O)NCc1ccc(C)c(C)c1. The van der Waals surface area contributed by atoms with E-state index in [2.05, 4.69) is 5.32 Å². The van der Waals surface area contributed by atoms with Gasteiger partial charge in [-0.15, -0.1) is 0 Å². The monoisotopic (exact) mass is 361 g/mol. The number of aryl methyl sites for hydroxylation is 2. The minimum absolute atomic E-state index is 0.217. The maximum absolute atomic E-state index is 12.1. The number of esters is 1. The van der Waals surface area contributed by atoms with Gasteiger partial charge in [-0.2, -0.15) is 0 Å². The van der Waals surface area contributed by atoms with E-state index in [9.17, 15) is 9.59 Å². The molecule has 0 radical (unpaired) electrons. The number of amides is 1. The molecular formula is C19H20ClNO4. The molecule has 132 valence electrons. The first-order valence-electron chi connectivity index (χ1n) is 7.74. The van der Waals surface area contributed by atoms with Crippen LogP contribution in [0.1, 0.15) is 27.0 Å². The molecule has 6 heteroatoms. The first-order chi connectivity index (χ1) is 11.9. The molecule has 0 saturated carbocycles. The molecule has 0 aliphatic heterocycles. The van der Waals surface area contributed by atoms with Crippen molar-refractivity contribution in [1.82, 2.24) is 5.32 Å². The lowest BCUT2D eigenvalue weighted by Crippen LogP contribution is -2.28. The summed E-state index contributed by atoms with van der Waals surface area (Å²) in [6, 6.07) is 10.5. The van der Waals surface area contributed by atoms with Crippen LogP contribution in [0.25, 0.3) is 0 Å². The number of nitrogens with one attached hydrogen (secondary N) is 1. The summed E-state index contributed by atoms with van der Waals surface area (Å²) in [4.78, 5) is 23.9. The van der Waals surface area contributed by atoms with Gasteiger partial charge < -0.3 is 14.8 Å². The molecule has 0 saturated heterocycles. The van der Waals surface area contributed by atoms with Crippen LogP contribution in [0.2, 0.25) is 5.02 Å². The molecule has 5 nitrogen and oxygen atoms in total. The summed E-state index contributed by atoms with van der Waals surface area (Å²) in [5.74, 6) is -0.720. The minimum Gasteiger partial charge on any atom is -0.496 e. The van der Waals surface area contributed by atoms with Crippen LogP contribution < -0.4 is 10.1 Å². The van der Waals surface area contributed by atoms with Gasteiger partial charge in [-0.25, -0.2) is 4.79 Å². The average Bonchev–Trinajstić information content (AvgIpc) is 2.60. The largest absolute Gasteiger partial charge is 0.496 e. The Morgan fingerprint density at radius 1 is 1.08 bits per heavy atom. The maximum Gasteiger partial charge on any atom is 0.342 e. The van der Waals surface area contributed by atoms with E-state index in [1.165, 1.54) is 24.8 Å². The highest BCUT2D eigenvalue weighted by Gasteiger charge is 2.15. The molecule has 0 fully saturated rings. The molecule has 0 aromatic heterocycles. The van der Waals surface area contributed by atoms with Crippen molar-refractivity contribution in [2.24, 2.45) is 0 Å². The molecule has 0 atom stereocenters. The van der Waals surface area contributed by atoms with Gasteiger partial charge in [0.1, 0.15) is 11.3 Å². The van der Waals surface area contributed by atoms with E-state index in [0.29, 0.717) is 17.3 Å². The van der Waals surface area contributed by atoms with Gasteiger partial charge in [0.05, 0.1) is 7.11 Å². The van der Waals surface area contributed by atoms with Crippen LogP contribution in [0, 0.1) is 13.8 Å². The van der Waals surface area contributed by atoms with Gasteiger partial charge in [-0.05, 0) is 48.7 Å². The van der Waals surface area contributed by atoms with E-state index in [0.717, 1.165) is 11.1 Å². The Morgan fingerprint density at radius 2 is 1.84 bits per heavy atom. The Kier molecular flexibility index (Phi) is 6.42. The third-order valence-electron chi connectivity index (χ3n) is 3.78. The highest BCUT2D eigenvalue weighted by molar-refractivity contribution is 6.30.